The zero-order valence-corrected chi connectivity index (χ0v) is 14.9. The van der Waals surface area contributed by atoms with Crippen LogP contribution < -0.4 is 10.7 Å². The Bertz CT molecular complexity index is 799. The van der Waals surface area contributed by atoms with Crippen LogP contribution in [0.3, 0.4) is 0 Å². The van der Waals surface area contributed by atoms with E-state index in [1.807, 2.05) is 0 Å². The van der Waals surface area contributed by atoms with Crippen LogP contribution in [0.2, 0.25) is 10.0 Å². The molecule has 0 aliphatic rings. The zero-order chi connectivity index (χ0) is 17.7. The zero-order valence-electron chi connectivity index (χ0n) is 12.5. The largest absolute Gasteiger partial charge is 0.505 e. The van der Waals surface area contributed by atoms with E-state index in [1.165, 1.54) is 12.4 Å². The molecule has 4 N–H and O–H groups in total. The van der Waals surface area contributed by atoms with Gasteiger partial charge in [-0.2, -0.15) is 5.10 Å². The van der Waals surface area contributed by atoms with Crippen LogP contribution >= 0.6 is 35.4 Å². The van der Waals surface area contributed by atoms with Crippen molar-refractivity contribution in [3.05, 3.63) is 51.3 Å². The molecular formula is C15H14Cl2N4O2S. The highest BCUT2D eigenvalue weighted by molar-refractivity contribution is 7.80. The van der Waals surface area contributed by atoms with Crippen LogP contribution in [-0.4, -0.2) is 26.5 Å². The van der Waals surface area contributed by atoms with E-state index in [0.29, 0.717) is 32.6 Å². The number of hydrogen-bond acceptors (Lipinski definition) is 5. The van der Waals surface area contributed by atoms with Gasteiger partial charge in [0, 0.05) is 23.0 Å². The Balaban J connectivity index is 2.05. The van der Waals surface area contributed by atoms with Gasteiger partial charge in [-0.25, -0.2) is 0 Å². The summed E-state index contributed by atoms with van der Waals surface area (Å²) in [5.74, 6) is -0.0459. The number of aromatic hydroxyl groups is 1. The molecule has 2 aromatic rings. The summed E-state index contributed by atoms with van der Waals surface area (Å²) in [6, 6.07) is 4.99. The van der Waals surface area contributed by atoms with E-state index in [1.54, 1.807) is 25.1 Å². The van der Waals surface area contributed by atoms with Gasteiger partial charge in [-0.3, -0.25) is 10.4 Å². The Labute approximate surface area is 154 Å². The first kappa shape index (κ1) is 18.4. The van der Waals surface area contributed by atoms with Crippen molar-refractivity contribution in [1.29, 1.82) is 0 Å². The minimum absolute atomic E-state index is 0.0459. The lowest BCUT2D eigenvalue weighted by Crippen LogP contribution is -2.23. The second-order valence-corrected chi connectivity index (χ2v) is 5.96. The lowest BCUT2D eigenvalue weighted by atomic mass is 10.1. The lowest BCUT2D eigenvalue weighted by Gasteiger charge is -2.09. The monoisotopic (exact) mass is 384 g/mol. The van der Waals surface area contributed by atoms with Crippen molar-refractivity contribution in [3.63, 3.8) is 0 Å². The third-order valence-corrected chi connectivity index (χ3v) is 4.00. The Hall–Kier alpha value is -1.93. The summed E-state index contributed by atoms with van der Waals surface area (Å²) in [5, 5.41) is 27.2. The number of benzene rings is 1. The van der Waals surface area contributed by atoms with Crippen LogP contribution in [0.25, 0.3) is 0 Å². The number of hydrazone groups is 1. The second kappa shape index (κ2) is 8.25. The topological polar surface area (TPSA) is 89.8 Å². The minimum Gasteiger partial charge on any atom is -0.505 e. The minimum atomic E-state index is -0.270. The summed E-state index contributed by atoms with van der Waals surface area (Å²) < 4.78 is 0. The second-order valence-electron chi connectivity index (χ2n) is 4.74. The van der Waals surface area contributed by atoms with Crippen molar-refractivity contribution in [2.24, 2.45) is 5.10 Å². The normalized spacial score (nSPS) is 10.8. The van der Waals surface area contributed by atoms with Crippen molar-refractivity contribution in [2.45, 2.75) is 13.5 Å². The summed E-state index contributed by atoms with van der Waals surface area (Å²) in [4.78, 5) is 3.97. The molecule has 0 saturated carbocycles. The quantitative estimate of drug-likeness (QED) is 0.367. The van der Waals surface area contributed by atoms with E-state index in [9.17, 15) is 10.2 Å². The van der Waals surface area contributed by atoms with Gasteiger partial charge in [0.15, 0.2) is 5.11 Å². The SMILES string of the molecule is Cc1ncc(CO)c(/C=N/NC(=S)Nc2ccc(Cl)c(Cl)c2)c1O. The Kier molecular flexibility index (Phi) is 6.33. The number of halogens is 2. The van der Waals surface area contributed by atoms with Gasteiger partial charge in [0.25, 0.3) is 0 Å². The van der Waals surface area contributed by atoms with Crippen LogP contribution in [0, 0.1) is 6.92 Å². The van der Waals surface area contributed by atoms with Gasteiger partial charge in [0.2, 0.25) is 0 Å². The lowest BCUT2D eigenvalue weighted by molar-refractivity contribution is 0.280. The number of anilines is 1. The molecule has 2 rings (SSSR count). The summed E-state index contributed by atoms with van der Waals surface area (Å²) in [6.45, 7) is 1.38. The summed E-state index contributed by atoms with van der Waals surface area (Å²) in [7, 11) is 0. The fourth-order valence-electron chi connectivity index (χ4n) is 1.81. The molecule has 9 heteroatoms. The molecule has 0 aliphatic heterocycles. The van der Waals surface area contributed by atoms with Gasteiger partial charge in [0.05, 0.1) is 28.6 Å². The van der Waals surface area contributed by atoms with Gasteiger partial charge < -0.3 is 15.5 Å². The number of nitrogens with one attached hydrogen (secondary N) is 2. The molecule has 0 bridgehead atoms. The third-order valence-electron chi connectivity index (χ3n) is 3.07. The molecule has 24 heavy (non-hydrogen) atoms. The average Bonchev–Trinajstić information content (AvgIpc) is 2.55. The van der Waals surface area contributed by atoms with Crippen LogP contribution in [0.5, 0.6) is 5.75 Å². The van der Waals surface area contributed by atoms with E-state index in [4.69, 9.17) is 35.4 Å². The molecular weight excluding hydrogens is 371 g/mol. The standard InChI is InChI=1S/C15H14Cl2N4O2S/c1-8-14(23)11(9(7-22)5-18-8)6-19-21-15(24)20-10-2-3-12(16)13(17)4-10/h2-6,22-23H,7H2,1H3,(H2,20,21,24)/b19-6+. The molecule has 0 spiro atoms. The van der Waals surface area contributed by atoms with Crippen LogP contribution in [0.4, 0.5) is 5.69 Å². The molecule has 0 aliphatic carbocycles. The third kappa shape index (κ3) is 4.55. The maximum absolute atomic E-state index is 10.00. The number of thiocarbonyl (C=S) groups is 1. The highest BCUT2D eigenvalue weighted by atomic mass is 35.5. The van der Waals surface area contributed by atoms with Crippen LogP contribution in [0.15, 0.2) is 29.5 Å². The summed E-state index contributed by atoms with van der Waals surface area (Å²) in [5.41, 5.74) is 4.52. The van der Waals surface area contributed by atoms with Crippen molar-refractivity contribution in [3.8, 4) is 5.75 Å². The number of aryl methyl sites for hydroxylation is 1. The molecule has 0 radical (unpaired) electrons. The molecule has 1 heterocycles. The number of pyridine rings is 1. The average molecular weight is 385 g/mol. The molecule has 0 atom stereocenters. The molecule has 0 amide bonds. The Morgan fingerprint density at radius 1 is 1.38 bits per heavy atom. The molecule has 6 nitrogen and oxygen atoms in total. The molecule has 0 unspecified atom stereocenters. The maximum Gasteiger partial charge on any atom is 0.191 e. The highest BCUT2D eigenvalue weighted by Gasteiger charge is 2.09. The van der Waals surface area contributed by atoms with E-state index < -0.39 is 0 Å². The number of nitrogens with zero attached hydrogens (tertiary/aromatic N) is 2. The van der Waals surface area contributed by atoms with Crippen molar-refractivity contribution < 1.29 is 10.2 Å². The van der Waals surface area contributed by atoms with Crippen LogP contribution in [-0.2, 0) is 6.61 Å². The predicted octanol–water partition coefficient (Wildman–Crippen LogP) is 3.22. The molecule has 1 aromatic carbocycles. The molecule has 0 saturated heterocycles. The van der Waals surface area contributed by atoms with E-state index in [0.717, 1.165) is 0 Å². The number of rotatable bonds is 4. The van der Waals surface area contributed by atoms with E-state index in [2.05, 4.69) is 20.8 Å². The molecule has 126 valence electrons. The number of aliphatic hydroxyl groups excluding tert-OH is 1. The van der Waals surface area contributed by atoms with Gasteiger partial charge in [-0.1, -0.05) is 23.2 Å². The Morgan fingerprint density at radius 2 is 2.12 bits per heavy atom. The number of aliphatic hydroxyl groups is 1. The van der Waals surface area contributed by atoms with E-state index in [-0.39, 0.29) is 17.5 Å². The molecule has 1 aromatic heterocycles. The first-order valence-electron chi connectivity index (χ1n) is 6.75. The fourth-order valence-corrected chi connectivity index (χ4v) is 2.28. The van der Waals surface area contributed by atoms with E-state index >= 15 is 0 Å². The molecule has 0 fully saturated rings. The van der Waals surface area contributed by atoms with Gasteiger partial charge in [-0.15, -0.1) is 0 Å². The highest BCUT2D eigenvalue weighted by Crippen LogP contribution is 2.25. The van der Waals surface area contributed by atoms with Gasteiger partial charge in [-0.05, 0) is 37.3 Å². The first-order chi connectivity index (χ1) is 11.4. The van der Waals surface area contributed by atoms with Crippen molar-refractivity contribution >= 4 is 52.4 Å². The summed E-state index contributed by atoms with van der Waals surface area (Å²) in [6.07, 6.45) is 2.83. The van der Waals surface area contributed by atoms with Crippen LogP contribution in [0.1, 0.15) is 16.8 Å². The van der Waals surface area contributed by atoms with Crippen molar-refractivity contribution in [2.75, 3.05) is 5.32 Å². The first-order valence-corrected chi connectivity index (χ1v) is 7.92. The Morgan fingerprint density at radius 3 is 2.79 bits per heavy atom. The fraction of sp³-hybridized carbons (Fsp3) is 0.133. The van der Waals surface area contributed by atoms with Crippen molar-refractivity contribution in [1.82, 2.24) is 10.4 Å². The van der Waals surface area contributed by atoms with Gasteiger partial charge in [0.1, 0.15) is 5.75 Å². The number of hydrogen-bond donors (Lipinski definition) is 4. The number of aromatic nitrogens is 1. The smallest absolute Gasteiger partial charge is 0.191 e. The maximum atomic E-state index is 10.00. The predicted molar refractivity (Wildman–Crippen MR) is 100.0 cm³/mol. The van der Waals surface area contributed by atoms with Gasteiger partial charge >= 0.3 is 0 Å². The summed E-state index contributed by atoms with van der Waals surface area (Å²) >= 11 is 16.9.